The smallest absolute Gasteiger partial charge is 0.337 e. The van der Waals surface area contributed by atoms with Crippen LogP contribution in [0.15, 0.2) is 42.5 Å². The Balaban J connectivity index is 2.00. The minimum absolute atomic E-state index is 0.0410. The van der Waals surface area contributed by atoms with Crippen LogP contribution in [-0.2, 0) is 4.79 Å². The second-order valence-corrected chi connectivity index (χ2v) is 5.75. The van der Waals surface area contributed by atoms with E-state index in [2.05, 4.69) is 5.32 Å². The normalized spacial score (nSPS) is 10.1. The highest BCUT2D eigenvalue weighted by molar-refractivity contribution is 6.01. The molecule has 0 aliphatic rings. The topological polar surface area (TPSA) is 102 Å². The van der Waals surface area contributed by atoms with Gasteiger partial charge in [-0.15, -0.1) is 0 Å². The SMILES string of the molecule is COc1cc(NC(=O)CCCC(=O)c2ccccc2)c(C(=O)O)cc1OC. The molecule has 0 aliphatic heterocycles. The molecule has 7 heteroatoms. The van der Waals surface area contributed by atoms with Crippen LogP contribution in [0.25, 0.3) is 0 Å². The number of carboxylic acid groups (broad SMARTS) is 1. The van der Waals surface area contributed by atoms with Crippen LogP contribution in [0.3, 0.4) is 0 Å². The molecule has 7 nitrogen and oxygen atoms in total. The fraction of sp³-hybridized carbons (Fsp3) is 0.250. The van der Waals surface area contributed by atoms with E-state index in [1.807, 2.05) is 6.07 Å². The van der Waals surface area contributed by atoms with E-state index in [1.54, 1.807) is 24.3 Å². The summed E-state index contributed by atoms with van der Waals surface area (Å²) >= 11 is 0. The predicted molar refractivity (Wildman–Crippen MR) is 99.8 cm³/mol. The Hall–Kier alpha value is -3.35. The van der Waals surface area contributed by atoms with E-state index in [-0.39, 0.29) is 41.5 Å². The molecule has 142 valence electrons. The maximum absolute atomic E-state index is 12.2. The summed E-state index contributed by atoms with van der Waals surface area (Å²) in [7, 11) is 2.81. The maximum atomic E-state index is 12.2. The van der Waals surface area contributed by atoms with Crippen molar-refractivity contribution in [2.45, 2.75) is 19.3 Å². The minimum Gasteiger partial charge on any atom is -0.493 e. The van der Waals surface area contributed by atoms with E-state index in [0.29, 0.717) is 17.7 Å². The van der Waals surface area contributed by atoms with Crippen molar-refractivity contribution in [3.63, 3.8) is 0 Å². The van der Waals surface area contributed by atoms with Gasteiger partial charge in [0.25, 0.3) is 0 Å². The van der Waals surface area contributed by atoms with Crippen LogP contribution in [0.1, 0.15) is 40.0 Å². The fourth-order valence-corrected chi connectivity index (χ4v) is 2.55. The van der Waals surface area contributed by atoms with Crippen molar-refractivity contribution in [3.8, 4) is 11.5 Å². The first-order valence-electron chi connectivity index (χ1n) is 8.33. The third kappa shape index (κ3) is 5.31. The number of anilines is 1. The molecular weight excluding hydrogens is 350 g/mol. The van der Waals surface area contributed by atoms with Crippen molar-refractivity contribution in [1.29, 1.82) is 0 Å². The predicted octanol–water partition coefficient (Wildman–Crippen LogP) is 3.39. The highest BCUT2D eigenvalue weighted by atomic mass is 16.5. The van der Waals surface area contributed by atoms with Gasteiger partial charge in [0.05, 0.1) is 25.5 Å². The van der Waals surface area contributed by atoms with Gasteiger partial charge >= 0.3 is 5.97 Å². The number of ketones is 1. The fourth-order valence-electron chi connectivity index (χ4n) is 2.55. The molecule has 2 aromatic rings. The monoisotopic (exact) mass is 371 g/mol. The summed E-state index contributed by atoms with van der Waals surface area (Å²) in [6.45, 7) is 0. The van der Waals surface area contributed by atoms with Gasteiger partial charge in [0.2, 0.25) is 5.91 Å². The summed E-state index contributed by atoms with van der Waals surface area (Å²) in [4.78, 5) is 35.7. The quantitative estimate of drug-likeness (QED) is 0.655. The molecule has 0 fully saturated rings. The highest BCUT2D eigenvalue weighted by Gasteiger charge is 2.18. The van der Waals surface area contributed by atoms with Crippen LogP contribution in [0, 0.1) is 0 Å². The number of hydrogen-bond acceptors (Lipinski definition) is 5. The Morgan fingerprint density at radius 1 is 0.963 bits per heavy atom. The molecule has 0 heterocycles. The Labute approximate surface area is 156 Å². The van der Waals surface area contributed by atoms with Crippen LogP contribution in [-0.4, -0.2) is 37.0 Å². The second-order valence-electron chi connectivity index (χ2n) is 5.75. The average molecular weight is 371 g/mol. The van der Waals surface area contributed by atoms with Gasteiger partial charge in [0.1, 0.15) is 0 Å². The van der Waals surface area contributed by atoms with Gasteiger partial charge in [-0.25, -0.2) is 4.79 Å². The molecule has 27 heavy (non-hydrogen) atoms. The zero-order chi connectivity index (χ0) is 19.8. The van der Waals surface area contributed by atoms with E-state index in [4.69, 9.17) is 9.47 Å². The van der Waals surface area contributed by atoms with Crippen molar-refractivity contribution >= 4 is 23.3 Å². The summed E-state index contributed by atoms with van der Waals surface area (Å²) < 4.78 is 10.2. The molecule has 0 saturated heterocycles. The molecule has 2 rings (SSSR count). The highest BCUT2D eigenvalue weighted by Crippen LogP contribution is 2.33. The van der Waals surface area contributed by atoms with Crippen LogP contribution >= 0.6 is 0 Å². The van der Waals surface area contributed by atoms with Gasteiger partial charge in [-0.1, -0.05) is 30.3 Å². The van der Waals surface area contributed by atoms with Crippen molar-refractivity contribution < 1.29 is 29.0 Å². The molecule has 0 aromatic heterocycles. The number of rotatable bonds is 9. The van der Waals surface area contributed by atoms with E-state index >= 15 is 0 Å². The Morgan fingerprint density at radius 3 is 2.19 bits per heavy atom. The molecule has 0 spiro atoms. The Kier molecular flexibility index (Phi) is 6.93. The summed E-state index contributed by atoms with van der Waals surface area (Å²) in [6, 6.07) is 11.5. The third-order valence-electron chi connectivity index (χ3n) is 3.93. The molecule has 0 atom stereocenters. The van der Waals surface area contributed by atoms with E-state index in [1.165, 1.54) is 26.4 Å². The zero-order valence-corrected chi connectivity index (χ0v) is 15.2. The second kappa shape index (κ2) is 9.38. The number of amides is 1. The van der Waals surface area contributed by atoms with Crippen LogP contribution < -0.4 is 14.8 Å². The number of hydrogen-bond donors (Lipinski definition) is 2. The number of carbonyl (C=O) groups is 3. The summed E-state index contributed by atoms with van der Waals surface area (Å²) in [6.07, 6.45) is 0.677. The van der Waals surface area contributed by atoms with Gasteiger partial charge in [0.15, 0.2) is 17.3 Å². The van der Waals surface area contributed by atoms with Gasteiger partial charge in [-0.05, 0) is 6.42 Å². The van der Waals surface area contributed by atoms with E-state index in [9.17, 15) is 19.5 Å². The number of carbonyl (C=O) groups excluding carboxylic acids is 2. The largest absolute Gasteiger partial charge is 0.493 e. The molecule has 0 radical (unpaired) electrons. The van der Waals surface area contributed by atoms with Crippen molar-refractivity contribution in [1.82, 2.24) is 0 Å². The number of ether oxygens (including phenoxy) is 2. The lowest BCUT2D eigenvalue weighted by Gasteiger charge is -2.13. The molecule has 0 bridgehead atoms. The van der Waals surface area contributed by atoms with Crippen molar-refractivity contribution in [2.75, 3.05) is 19.5 Å². The lowest BCUT2D eigenvalue weighted by molar-refractivity contribution is -0.116. The van der Waals surface area contributed by atoms with Crippen LogP contribution in [0.5, 0.6) is 11.5 Å². The summed E-state index contributed by atoms with van der Waals surface area (Å²) in [5, 5.41) is 11.9. The first-order chi connectivity index (χ1) is 13.0. The van der Waals surface area contributed by atoms with E-state index in [0.717, 1.165) is 0 Å². The first-order valence-corrected chi connectivity index (χ1v) is 8.33. The van der Waals surface area contributed by atoms with Gasteiger partial charge < -0.3 is 19.9 Å². The zero-order valence-electron chi connectivity index (χ0n) is 15.2. The number of carboxylic acids is 1. The standard InChI is InChI=1S/C20H21NO6/c1-26-17-11-14(20(24)25)15(12-18(17)27-2)21-19(23)10-6-9-16(22)13-7-4-3-5-8-13/h3-5,7-8,11-12H,6,9-10H2,1-2H3,(H,21,23)(H,24,25). The first kappa shape index (κ1) is 20.0. The maximum Gasteiger partial charge on any atom is 0.337 e. The molecule has 0 unspecified atom stereocenters. The lowest BCUT2D eigenvalue weighted by Crippen LogP contribution is -2.15. The van der Waals surface area contributed by atoms with Crippen LogP contribution in [0.2, 0.25) is 0 Å². The van der Waals surface area contributed by atoms with Crippen molar-refractivity contribution in [2.24, 2.45) is 0 Å². The van der Waals surface area contributed by atoms with Gasteiger partial charge in [0, 0.05) is 30.5 Å². The van der Waals surface area contributed by atoms with Crippen molar-refractivity contribution in [3.05, 3.63) is 53.6 Å². The van der Waals surface area contributed by atoms with E-state index < -0.39 is 5.97 Å². The molecule has 1 amide bonds. The van der Waals surface area contributed by atoms with Crippen LogP contribution in [0.4, 0.5) is 5.69 Å². The van der Waals surface area contributed by atoms with Gasteiger partial charge in [-0.2, -0.15) is 0 Å². The number of Topliss-reactive ketones (excluding diaryl/α,β-unsaturated/α-hetero) is 1. The number of aromatic carboxylic acids is 1. The Morgan fingerprint density at radius 2 is 1.59 bits per heavy atom. The van der Waals surface area contributed by atoms with Gasteiger partial charge in [-0.3, -0.25) is 9.59 Å². The number of benzene rings is 2. The minimum atomic E-state index is -1.20. The number of methoxy groups -OCH3 is 2. The molecule has 0 aliphatic carbocycles. The Bertz CT molecular complexity index is 832. The average Bonchev–Trinajstić information content (AvgIpc) is 2.67. The molecule has 0 saturated carbocycles. The summed E-state index contributed by atoms with van der Waals surface area (Å²) in [5.41, 5.74) is 0.604. The molecular formula is C20H21NO6. The number of nitrogens with one attached hydrogen (secondary N) is 1. The lowest BCUT2D eigenvalue weighted by atomic mass is 10.1. The molecule has 2 N–H and O–H groups in total. The summed E-state index contributed by atoms with van der Waals surface area (Å²) in [5.74, 6) is -1.07. The third-order valence-corrected chi connectivity index (χ3v) is 3.93. The molecule has 2 aromatic carbocycles.